The van der Waals surface area contributed by atoms with E-state index in [2.05, 4.69) is 10.6 Å². The van der Waals surface area contributed by atoms with E-state index in [9.17, 15) is 14.0 Å². The number of hydrogen-bond acceptors (Lipinski definition) is 5. The van der Waals surface area contributed by atoms with E-state index >= 15 is 0 Å². The molecule has 0 aromatic heterocycles. The van der Waals surface area contributed by atoms with Crippen LogP contribution in [-0.4, -0.2) is 50.7 Å². The number of morpholine rings is 1. The average molecular weight is 350 g/mol. The van der Waals surface area contributed by atoms with Crippen LogP contribution in [0, 0.1) is 11.7 Å². The Morgan fingerprint density at radius 2 is 2.24 bits per heavy atom. The second-order valence-electron chi connectivity index (χ2n) is 6.39. The van der Waals surface area contributed by atoms with Gasteiger partial charge in [-0.05, 0) is 43.5 Å². The normalized spacial score (nSPS) is 19.0. The first-order valence-electron chi connectivity index (χ1n) is 8.50. The lowest BCUT2D eigenvalue weighted by Gasteiger charge is -2.27. The molecule has 1 saturated heterocycles. The van der Waals surface area contributed by atoms with Crippen molar-refractivity contribution in [3.8, 4) is 0 Å². The van der Waals surface area contributed by atoms with E-state index in [1.807, 2.05) is 0 Å². The van der Waals surface area contributed by atoms with Crippen LogP contribution >= 0.6 is 0 Å². The van der Waals surface area contributed by atoms with Gasteiger partial charge in [0.15, 0.2) is 0 Å². The first kappa shape index (κ1) is 17.8. The van der Waals surface area contributed by atoms with Gasteiger partial charge in [-0.25, -0.2) is 4.39 Å². The Balaban J connectivity index is 1.63. The average Bonchev–Trinajstić information content (AvgIpc) is 3.41. The number of halogens is 1. The summed E-state index contributed by atoms with van der Waals surface area (Å²) in [5.74, 6) is -0.514. The summed E-state index contributed by atoms with van der Waals surface area (Å²) in [5, 5.41) is 5.81. The molecular formula is C17H23FN4O3. The van der Waals surface area contributed by atoms with Crippen molar-refractivity contribution in [2.24, 2.45) is 11.7 Å². The third-order valence-electron chi connectivity index (χ3n) is 4.39. The van der Waals surface area contributed by atoms with E-state index in [0.29, 0.717) is 24.8 Å². The Hall–Kier alpha value is -2.03. The van der Waals surface area contributed by atoms with Gasteiger partial charge in [-0.15, -0.1) is 0 Å². The summed E-state index contributed by atoms with van der Waals surface area (Å²) < 4.78 is 19.4. The zero-order chi connectivity index (χ0) is 17.8. The minimum Gasteiger partial charge on any atom is -0.370 e. The number of hydrogen-bond donors (Lipinski definition) is 3. The van der Waals surface area contributed by atoms with Crippen molar-refractivity contribution in [2.75, 3.05) is 43.1 Å². The topological polar surface area (TPSA) is 96.7 Å². The van der Waals surface area contributed by atoms with Crippen LogP contribution in [0.3, 0.4) is 0 Å². The molecule has 7 nitrogen and oxygen atoms in total. The zero-order valence-corrected chi connectivity index (χ0v) is 14.0. The van der Waals surface area contributed by atoms with Crippen molar-refractivity contribution >= 4 is 23.2 Å². The fraction of sp³-hybridized carbons (Fsp3) is 0.529. The molecule has 2 fully saturated rings. The fourth-order valence-electron chi connectivity index (χ4n) is 2.72. The lowest BCUT2D eigenvalue weighted by molar-refractivity contribution is -0.125. The molecule has 2 aliphatic rings. The first-order chi connectivity index (χ1) is 12.1. The van der Waals surface area contributed by atoms with Gasteiger partial charge in [0.1, 0.15) is 12.4 Å². The number of amides is 2. The van der Waals surface area contributed by atoms with Gasteiger partial charge in [0.25, 0.3) is 5.91 Å². The molecule has 0 spiro atoms. The smallest absolute Gasteiger partial charge is 0.253 e. The number of carbonyl (C=O) groups is 2. The van der Waals surface area contributed by atoms with Crippen LogP contribution in [0.25, 0.3) is 0 Å². The van der Waals surface area contributed by atoms with E-state index in [0.717, 1.165) is 6.54 Å². The molecule has 8 heteroatoms. The third-order valence-corrected chi connectivity index (χ3v) is 4.39. The van der Waals surface area contributed by atoms with Gasteiger partial charge < -0.3 is 26.0 Å². The number of carbonyl (C=O) groups excluding carboxylic acids is 2. The van der Waals surface area contributed by atoms with Crippen molar-refractivity contribution in [3.63, 3.8) is 0 Å². The molecule has 2 amide bonds. The number of rotatable bonds is 7. The number of ether oxygens (including phenoxy) is 1. The minimum atomic E-state index is -0.566. The summed E-state index contributed by atoms with van der Waals surface area (Å²) in [6.07, 6.45) is 2.36. The number of nitrogens with one attached hydrogen (secondary N) is 2. The van der Waals surface area contributed by atoms with Crippen molar-refractivity contribution in [1.29, 1.82) is 0 Å². The molecule has 1 aromatic rings. The number of anilines is 2. The van der Waals surface area contributed by atoms with Gasteiger partial charge >= 0.3 is 0 Å². The molecule has 0 radical (unpaired) electrons. The summed E-state index contributed by atoms with van der Waals surface area (Å²) in [7, 11) is 0. The number of nitrogens with zero attached hydrogens (tertiary/aromatic N) is 1. The van der Waals surface area contributed by atoms with Gasteiger partial charge in [0.2, 0.25) is 5.91 Å². The Labute approximate surface area is 145 Å². The van der Waals surface area contributed by atoms with Crippen LogP contribution in [0.15, 0.2) is 18.2 Å². The van der Waals surface area contributed by atoms with Gasteiger partial charge in [0.05, 0.1) is 18.3 Å². The highest BCUT2D eigenvalue weighted by atomic mass is 19.1. The highest BCUT2D eigenvalue weighted by molar-refractivity contribution is 5.97. The standard InChI is InChI=1S/C17H23FN4O3/c18-13-7-12(3-4-15(13)22-5-6-25-10-16(22)23)21-17(24)14(8-19)20-9-11-1-2-11/h3-4,7,11,14,20H,1-2,5-6,8-10,19H2,(H,21,24)/t14-/m1/s1. The molecular weight excluding hydrogens is 327 g/mol. The molecule has 1 aromatic carbocycles. The molecule has 1 heterocycles. The van der Waals surface area contributed by atoms with E-state index in [1.54, 1.807) is 6.07 Å². The quantitative estimate of drug-likeness (QED) is 0.664. The van der Waals surface area contributed by atoms with E-state index < -0.39 is 11.9 Å². The minimum absolute atomic E-state index is 0.0528. The van der Waals surface area contributed by atoms with E-state index in [4.69, 9.17) is 10.5 Å². The maximum Gasteiger partial charge on any atom is 0.253 e. The monoisotopic (exact) mass is 350 g/mol. The number of benzene rings is 1. The zero-order valence-electron chi connectivity index (χ0n) is 14.0. The maximum absolute atomic E-state index is 14.4. The van der Waals surface area contributed by atoms with E-state index in [1.165, 1.54) is 29.9 Å². The lowest BCUT2D eigenvalue weighted by atomic mass is 10.2. The molecule has 4 N–H and O–H groups in total. The van der Waals surface area contributed by atoms with Crippen LogP contribution in [0.4, 0.5) is 15.8 Å². The molecule has 0 bridgehead atoms. The lowest BCUT2D eigenvalue weighted by Crippen LogP contribution is -2.46. The second-order valence-corrected chi connectivity index (χ2v) is 6.39. The first-order valence-corrected chi connectivity index (χ1v) is 8.50. The van der Waals surface area contributed by atoms with E-state index in [-0.39, 0.29) is 30.7 Å². The van der Waals surface area contributed by atoms with Gasteiger partial charge in [-0.3, -0.25) is 9.59 Å². The van der Waals surface area contributed by atoms with Gasteiger partial charge in [-0.1, -0.05) is 0 Å². The van der Waals surface area contributed by atoms with Crippen molar-refractivity contribution < 1.29 is 18.7 Å². The fourth-order valence-corrected chi connectivity index (χ4v) is 2.72. The summed E-state index contributed by atoms with van der Waals surface area (Å²) in [5.41, 5.74) is 6.17. The summed E-state index contributed by atoms with van der Waals surface area (Å²) in [6, 6.07) is 3.77. The van der Waals surface area contributed by atoms with Gasteiger partial charge in [0, 0.05) is 18.8 Å². The van der Waals surface area contributed by atoms with Crippen LogP contribution in [-0.2, 0) is 14.3 Å². The summed E-state index contributed by atoms with van der Waals surface area (Å²) >= 11 is 0. The Bertz CT molecular complexity index is 651. The Morgan fingerprint density at radius 3 is 2.88 bits per heavy atom. The van der Waals surface area contributed by atoms with Crippen LogP contribution < -0.4 is 21.3 Å². The molecule has 1 aliphatic heterocycles. The SMILES string of the molecule is NC[C@@H](NCC1CC1)C(=O)Nc1ccc(N2CCOCC2=O)c(F)c1. The van der Waals surface area contributed by atoms with Crippen LogP contribution in [0.2, 0.25) is 0 Å². The van der Waals surface area contributed by atoms with Gasteiger partial charge in [-0.2, -0.15) is 0 Å². The van der Waals surface area contributed by atoms with Crippen LogP contribution in [0.1, 0.15) is 12.8 Å². The molecule has 136 valence electrons. The summed E-state index contributed by atoms with van der Waals surface area (Å²) in [6.45, 7) is 1.56. The third kappa shape index (κ3) is 4.53. The molecule has 3 rings (SSSR count). The van der Waals surface area contributed by atoms with Crippen molar-refractivity contribution in [3.05, 3.63) is 24.0 Å². The van der Waals surface area contributed by atoms with Crippen molar-refractivity contribution in [2.45, 2.75) is 18.9 Å². The Morgan fingerprint density at radius 1 is 1.44 bits per heavy atom. The molecule has 25 heavy (non-hydrogen) atoms. The second kappa shape index (κ2) is 7.90. The molecule has 1 saturated carbocycles. The largest absolute Gasteiger partial charge is 0.370 e. The number of nitrogens with two attached hydrogens (primary N) is 1. The Kier molecular flexibility index (Phi) is 5.62. The maximum atomic E-state index is 14.4. The predicted molar refractivity (Wildman–Crippen MR) is 91.8 cm³/mol. The molecule has 0 unspecified atom stereocenters. The summed E-state index contributed by atoms with van der Waals surface area (Å²) in [4.78, 5) is 25.4. The highest BCUT2D eigenvalue weighted by Crippen LogP contribution is 2.28. The molecule has 1 atom stereocenters. The highest BCUT2D eigenvalue weighted by Gasteiger charge is 2.25. The van der Waals surface area contributed by atoms with Crippen molar-refractivity contribution in [1.82, 2.24) is 5.32 Å². The predicted octanol–water partition coefficient (Wildman–Crippen LogP) is 0.454. The van der Waals surface area contributed by atoms with Crippen LogP contribution in [0.5, 0.6) is 0 Å². The molecule has 1 aliphatic carbocycles.